The molecule has 0 spiro atoms. The molecule has 1 amide bonds. The van der Waals surface area contributed by atoms with Gasteiger partial charge in [0.05, 0.1) is 22.5 Å². The van der Waals surface area contributed by atoms with Crippen molar-refractivity contribution in [3.8, 4) is 11.3 Å². The molecule has 0 saturated carbocycles. The maximum atomic E-state index is 13.1. The summed E-state index contributed by atoms with van der Waals surface area (Å²) in [6.07, 6.45) is 0. The van der Waals surface area contributed by atoms with Crippen LogP contribution >= 0.6 is 11.3 Å². The van der Waals surface area contributed by atoms with E-state index in [1.165, 1.54) is 22.5 Å². The predicted octanol–water partition coefficient (Wildman–Crippen LogP) is 5.84. The molecular weight excluding hydrogens is 366 g/mol. The minimum absolute atomic E-state index is 0.169. The van der Waals surface area contributed by atoms with E-state index in [1.54, 1.807) is 0 Å². The van der Waals surface area contributed by atoms with Crippen LogP contribution in [0.3, 0.4) is 0 Å². The Bertz CT molecular complexity index is 1190. The highest BCUT2D eigenvalue weighted by atomic mass is 32.1. The number of anilines is 1. The quantitative estimate of drug-likeness (QED) is 0.480. The minimum atomic E-state index is -0.169. The van der Waals surface area contributed by atoms with E-state index in [0.29, 0.717) is 10.7 Å². The molecule has 0 unspecified atom stereocenters. The van der Waals surface area contributed by atoms with Crippen molar-refractivity contribution < 1.29 is 4.79 Å². The summed E-state index contributed by atoms with van der Waals surface area (Å²) >= 11 is 1.49. The first kappa shape index (κ1) is 18.3. The van der Waals surface area contributed by atoms with Crippen LogP contribution in [-0.4, -0.2) is 15.9 Å². The molecule has 1 N–H and O–H groups in total. The minimum Gasteiger partial charge on any atom is -0.298 e. The summed E-state index contributed by atoms with van der Waals surface area (Å²) in [5, 5.41) is 4.40. The predicted molar refractivity (Wildman–Crippen MR) is 116 cm³/mol. The van der Waals surface area contributed by atoms with Gasteiger partial charge in [-0.1, -0.05) is 30.3 Å². The number of rotatable bonds is 3. The molecule has 4 aromatic rings. The molecule has 2 aromatic carbocycles. The fraction of sp³-hybridized carbons (Fsp3) is 0.174. The number of thiazole rings is 1. The molecule has 0 aliphatic rings. The Hall–Kier alpha value is -3.05. The number of hydrogen-bond donors (Lipinski definition) is 1. The van der Waals surface area contributed by atoms with Crippen LogP contribution < -0.4 is 5.32 Å². The maximum absolute atomic E-state index is 13.1. The first-order valence-corrected chi connectivity index (χ1v) is 9.97. The van der Waals surface area contributed by atoms with Gasteiger partial charge >= 0.3 is 0 Å². The number of carbonyl (C=O) groups is 1. The smallest absolute Gasteiger partial charge is 0.258 e. The highest BCUT2D eigenvalue weighted by Gasteiger charge is 2.16. The molecule has 4 rings (SSSR count). The van der Waals surface area contributed by atoms with Crippen LogP contribution in [0, 0.1) is 27.7 Å². The normalized spacial score (nSPS) is 11.0. The summed E-state index contributed by atoms with van der Waals surface area (Å²) in [7, 11) is 0. The molecule has 0 fully saturated rings. The lowest BCUT2D eigenvalue weighted by Crippen LogP contribution is -2.13. The second-order valence-corrected chi connectivity index (χ2v) is 8.19. The van der Waals surface area contributed by atoms with Crippen molar-refractivity contribution in [2.45, 2.75) is 27.7 Å². The molecule has 2 heterocycles. The van der Waals surface area contributed by atoms with Crippen molar-refractivity contribution in [1.82, 2.24) is 9.97 Å². The number of hydrogen-bond acceptors (Lipinski definition) is 4. The number of aryl methyl sites for hydroxylation is 4. The number of amides is 1. The van der Waals surface area contributed by atoms with Gasteiger partial charge in [-0.05, 0) is 57.0 Å². The molecule has 0 aliphatic heterocycles. The summed E-state index contributed by atoms with van der Waals surface area (Å²) in [6.45, 7) is 8.12. The van der Waals surface area contributed by atoms with Crippen LogP contribution in [-0.2, 0) is 0 Å². The molecule has 0 radical (unpaired) electrons. The van der Waals surface area contributed by atoms with Crippen LogP contribution in [0.5, 0.6) is 0 Å². The molecule has 0 aliphatic carbocycles. The van der Waals surface area contributed by atoms with Gasteiger partial charge in [-0.25, -0.2) is 9.97 Å². The van der Waals surface area contributed by atoms with Gasteiger partial charge in [-0.15, -0.1) is 11.3 Å². The summed E-state index contributed by atoms with van der Waals surface area (Å²) < 4.78 is 0. The summed E-state index contributed by atoms with van der Waals surface area (Å²) in [6, 6.07) is 15.9. The molecule has 5 heteroatoms. The topological polar surface area (TPSA) is 54.9 Å². The fourth-order valence-electron chi connectivity index (χ4n) is 3.10. The lowest BCUT2D eigenvalue weighted by Gasteiger charge is -2.11. The number of benzene rings is 2. The second-order valence-electron chi connectivity index (χ2n) is 6.99. The van der Waals surface area contributed by atoms with E-state index >= 15 is 0 Å². The van der Waals surface area contributed by atoms with Gasteiger partial charge in [0, 0.05) is 15.8 Å². The second kappa shape index (κ2) is 7.17. The monoisotopic (exact) mass is 387 g/mol. The average molecular weight is 388 g/mol. The van der Waals surface area contributed by atoms with E-state index in [0.717, 1.165) is 32.7 Å². The zero-order chi connectivity index (χ0) is 19.8. The van der Waals surface area contributed by atoms with Crippen molar-refractivity contribution in [2.75, 3.05) is 5.32 Å². The zero-order valence-electron chi connectivity index (χ0n) is 16.3. The summed E-state index contributed by atoms with van der Waals surface area (Å²) in [4.78, 5) is 23.4. The van der Waals surface area contributed by atoms with E-state index in [9.17, 15) is 4.79 Å². The third kappa shape index (κ3) is 3.41. The molecule has 0 atom stereocenters. The highest BCUT2D eigenvalue weighted by molar-refractivity contribution is 7.15. The molecule has 0 bridgehead atoms. The highest BCUT2D eigenvalue weighted by Crippen LogP contribution is 2.28. The first-order valence-electron chi connectivity index (χ1n) is 9.15. The van der Waals surface area contributed by atoms with Crippen molar-refractivity contribution in [2.24, 2.45) is 0 Å². The third-order valence-electron chi connectivity index (χ3n) is 5.01. The largest absolute Gasteiger partial charge is 0.298 e. The van der Waals surface area contributed by atoms with E-state index in [2.05, 4.69) is 42.3 Å². The number of nitrogens with zero attached hydrogens (tertiary/aromatic N) is 2. The molecule has 2 aromatic heterocycles. The van der Waals surface area contributed by atoms with Crippen LogP contribution in [0.4, 0.5) is 5.13 Å². The van der Waals surface area contributed by atoms with Crippen LogP contribution in [0.1, 0.15) is 32.1 Å². The number of para-hydroxylation sites is 1. The lowest BCUT2D eigenvalue weighted by atomic mass is 10.0. The van der Waals surface area contributed by atoms with Crippen LogP contribution in [0.25, 0.3) is 22.2 Å². The fourth-order valence-corrected chi connectivity index (χ4v) is 3.91. The molecule has 0 saturated heterocycles. The molecular formula is C23H21N3OS. The van der Waals surface area contributed by atoms with E-state index in [1.807, 2.05) is 44.2 Å². The van der Waals surface area contributed by atoms with Gasteiger partial charge in [-0.3, -0.25) is 10.1 Å². The lowest BCUT2D eigenvalue weighted by molar-refractivity contribution is 0.102. The van der Waals surface area contributed by atoms with Gasteiger partial charge in [0.2, 0.25) is 0 Å². The average Bonchev–Trinajstić information content (AvgIpc) is 3.00. The Labute approximate surface area is 168 Å². The van der Waals surface area contributed by atoms with Crippen LogP contribution in [0.2, 0.25) is 0 Å². The van der Waals surface area contributed by atoms with Crippen molar-refractivity contribution in [3.63, 3.8) is 0 Å². The standard InChI is InChI=1S/C23H21N3OS/c1-13-9-10-17(11-14(13)2)21-12-19(18-7-5-6-8-20(18)25-21)22(27)26-23-24-15(3)16(4)28-23/h5-12H,1-4H3,(H,24,26,27). The van der Waals surface area contributed by atoms with Gasteiger partial charge in [0.15, 0.2) is 5.13 Å². The SMILES string of the molecule is Cc1ccc(-c2cc(C(=O)Nc3nc(C)c(C)s3)c3ccccc3n2)cc1C. The summed E-state index contributed by atoms with van der Waals surface area (Å²) in [5.41, 5.74) is 6.57. The van der Waals surface area contributed by atoms with E-state index in [4.69, 9.17) is 4.98 Å². The van der Waals surface area contributed by atoms with Gasteiger partial charge in [-0.2, -0.15) is 0 Å². The number of nitrogens with one attached hydrogen (secondary N) is 1. The third-order valence-corrected chi connectivity index (χ3v) is 6.00. The van der Waals surface area contributed by atoms with Crippen molar-refractivity contribution >= 4 is 33.3 Å². The number of pyridine rings is 1. The number of carbonyl (C=O) groups excluding carboxylic acids is 1. The Morgan fingerprint density at radius 2 is 1.71 bits per heavy atom. The van der Waals surface area contributed by atoms with E-state index < -0.39 is 0 Å². The molecule has 140 valence electrons. The van der Waals surface area contributed by atoms with Gasteiger partial charge < -0.3 is 0 Å². The van der Waals surface area contributed by atoms with Gasteiger partial charge in [0.1, 0.15) is 0 Å². The summed E-state index contributed by atoms with van der Waals surface area (Å²) in [5.74, 6) is -0.169. The molecule has 28 heavy (non-hydrogen) atoms. The zero-order valence-corrected chi connectivity index (χ0v) is 17.1. The number of fused-ring (bicyclic) bond motifs is 1. The van der Waals surface area contributed by atoms with Crippen molar-refractivity contribution in [3.05, 3.63) is 75.8 Å². The Morgan fingerprint density at radius 1 is 0.929 bits per heavy atom. The van der Waals surface area contributed by atoms with Gasteiger partial charge in [0.25, 0.3) is 5.91 Å². The Morgan fingerprint density at radius 3 is 2.43 bits per heavy atom. The Kier molecular flexibility index (Phi) is 4.69. The Balaban J connectivity index is 1.82. The number of aromatic nitrogens is 2. The molecule has 4 nitrogen and oxygen atoms in total. The first-order chi connectivity index (χ1) is 13.4. The maximum Gasteiger partial charge on any atom is 0.258 e. The van der Waals surface area contributed by atoms with Crippen LogP contribution in [0.15, 0.2) is 48.5 Å². The van der Waals surface area contributed by atoms with E-state index in [-0.39, 0.29) is 5.91 Å². The van der Waals surface area contributed by atoms with Crippen molar-refractivity contribution in [1.29, 1.82) is 0 Å².